The van der Waals surface area contributed by atoms with Crippen LogP contribution in [0.25, 0.3) is 11.0 Å². The summed E-state index contributed by atoms with van der Waals surface area (Å²) in [6.45, 7) is 6.06. The quantitative estimate of drug-likeness (QED) is 0.866. The van der Waals surface area contributed by atoms with Gasteiger partial charge in [0.2, 0.25) is 0 Å². The first-order chi connectivity index (χ1) is 9.11. The van der Waals surface area contributed by atoms with E-state index in [1.807, 2.05) is 24.3 Å². The van der Waals surface area contributed by atoms with Gasteiger partial charge in [0, 0.05) is 20.3 Å². The summed E-state index contributed by atoms with van der Waals surface area (Å²) in [7, 11) is 1.73. The van der Waals surface area contributed by atoms with Crippen LogP contribution in [0.5, 0.6) is 0 Å². The molecule has 1 heterocycles. The van der Waals surface area contributed by atoms with Crippen molar-refractivity contribution in [2.45, 2.75) is 20.3 Å². The molecule has 0 aliphatic heterocycles. The first kappa shape index (κ1) is 13.7. The summed E-state index contributed by atoms with van der Waals surface area (Å²) in [5.41, 5.74) is 2.01. The van der Waals surface area contributed by atoms with E-state index >= 15 is 0 Å². The number of nitrogens with zero attached hydrogens (tertiary/aromatic N) is 2. The Balaban J connectivity index is 2.01. The van der Waals surface area contributed by atoms with Crippen LogP contribution in [0.1, 0.15) is 20.3 Å². The van der Waals surface area contributed by atoms with E-state index < -0.39 is 0 Å². The van der Waals surface area contributed by atoms with E-state index in [2.05, 4.69) is 29.1 Å². The second kappa shape index (κ2) is 5.97. The predicted octanol–water partition coefficient (Wildman–Crippen LogP) is 3.10. The maximum Gasteiger partial charge on any atom is 0.145 e. The van der Waals surface area contributed by atoms with Crippen LogP contribution in [0.3, 0.4) is 0 Å². The minimum Gasteiger partial charge on any atom is -0.385 e. The smallest absolute Gasteiger partial charge is 0.145 e. The number of para-hydroxylation sites is 2. The molecule has 0 saturated carbocycles. The number of hydrogen-bond acceptors (Lipinski definition) is 4. The van der Waals surface area contributed by atoms with E-state index in [4.69, 9.17) is 4.74 Å². The predicted molar refractivity (Wildman–Crippen MR) is 78.3 cm³/mol. The molecule has 0 bridgehead atoms. The number of methoxy groups -OCH3 is 1. The number of rotatable bonds is 6. The van der Waals surface area contributed by atoms with E-state index in [1.165, 1.54) is 0 Å². The molecule has 19 heavy (non-hydrogen) atoms. The number of benzene rings is 1. The van der Waals surface area contributed by atoms with Crippen LogP contribution in [0, 0.1) is 5.41 Å². The lowest BCUT2D eigenvalue weighted by atomic mass is 9.90. The van der Waals surface area contributed by atoms with Gasteiger partial charge in [-0.15, -0.1) is 0 Å². The van der Waals surface area contributed by atoms with Gasteiger partial charge in [-0.1, -0.05) is 26.0 Å². The van der Waals surface area contributed by atoms with Gasteiger partial charge in [-0.3, -0.25) is 4.98 Å². The van der Waals surface area contributed by atoms with Crippen molar-refractivity contribution in [1.82, 2.24) is 9.97 Å². The lowest BCUT2D eigenvalue weighted by Gasteiger charge is -2.24. The van der Waals surface area contributed by atoms with Crippen molar-refractivity contribution in [2.75, 3.05) is 25.6 Å². The SMILES string of the molecule is COCCC(C)(C)CNc1cnc2ccccc2n1. The maximum absolute atomic E-state index is 5.13. The van der Waals surface area contributed by atoms with Crippen molar-refractivity contribution < 1.29 is 4.74 Å². The van der Waals surface area contributed by atoms with Gasteiger partial charge in [0.05, 0.1) is 17.2 Å². The molecule has 0 unspecified atom stereocenters. The van der Waals surface area contributed by atoms with Gasteiger partial charge in [0.15, 0.2) is 0 Å². The minimum atomic E-state index is 0.170. The average molecular weight is 259 g/mol. The Hall–Kier alpha value is -1.68. The number of anilines is 1. The second-order valence-corrected chi connectivity index (χ2v) is 5.50. The van der Waals surface area contributed by atoms with Crippen molar-refractivity contribution in [3.05, 3.63) is 30.5 Å². The summed E-state index contributed by atoms with van der Waals surface area (Å²) < 4.78 is 5.13. The lowest BCUT2D eigenvalue weighted by Crippen LogP contribution is -2.25. The molecule has 1 aromatic carbocycles. The van der Waals surface area contributed by atoms with Crippen LogP contribution in [0.15, 0.2) is 30.5 Å². The van der Waals surface area contributed by atoms with Crippen LogP contribution < -0.4 is 5.32 Å². The molecule has 0 aliphatic carbocycles. The van der Waals surface area contributed by atoms with Gasteiger partial charge in [-0.25, -0.2) is 4.98 Å². The molecule has 102 valence electrons. The molecule has 2 rings (SSSR count). The van der Waals surface area contributed by atoms with Gasteiger partial charge >= 0.3 is 0 Å². The van der Waals surface area contributed by atoms with Crippen molar-refractivity contribution in [2.24, 2.45) is 5.41 Å². The summed E-state index contributed by atoms with van der Waals surface area (Å²) in [5.74, 6) is 0.823. The van der Waals surface area contributed by atoms with Gasteiger partial charge in [-0.05, 0) is 24.0 Å². The third kappa shape index (κ3) is 3.89. The van der Waals surface area contributed by atoms with Crippen molar-refractivity contribution in [3.63, 3.8) is 0 Å². The van der Waals surface area contributed by atoms with Crippen LogP contribution in [0.4, 0.5) is 5.82 Å². The fourth-order valence-corrected chi connectivity index (χ4v) is 1.84. The van der Waals surface area contributed by atoms with E-state index in [1.54, 1.807) is 13.3 Å². The second-order valence-electron chi connectivity index (χ2n) is 5.50. The van der Waals surface area contributed by atoms with E-state index in [0.29, 0.717) is 0 Å². The van der Waals surface area contributed by atoms with E-state index in [0.717, 1.165) is 36.4 Å². The fourth-order valence-electron chi connectivity index (χ4n) is 1.84. The van der Waals surface area contributed by atoms with E-state index in [9.17, 15) is 0 Å². The Bertz CT molecular complexity index is 540. The van der Waals surface area contributed by atoms with Gasteiger partial charge in [0.25, 0.3) is 0 Å². The zero-order valence-corrected chi connectivity index (χ0v) is 11.8. The van der Waals surface area contributed by atoms with E-state index in [-0.39, 0.29) is 5.41 Å². The zero-order chi connectivity index (χ0) is 13.7. The Morgan fingerprint density at radius 3 is 2.68 bits per heavy atom. The van der Waals surface area contributed by atoms with Crippen LogP contribution in [-0.2, 0) is 4.74 Å². The molecule has 0 radical (unpaired) electrons. The normalized spacial score (nSPS) is 11.7. The van der Waals surface area contributed by atoms with Crippen molar-refractivity contribution in [3.8, 4) is 0 Å². The first-order valence-electron chi connectivity index (χ1n) is 6.55. The molecule has 2 aromatic rings. The molecule has 0 atom stereocenters. The third-order valence-corrected chi connectivity index (χ3v) is 3.18. The van der Waals surface area contributed by atoms with Crippen LogP contribution in [-0.4, -0.2) is 30.2 Å². The maximum atomic E-state index is 5.13. The summed E-state index contributed by atoms with van der Waals surface area (Å²) in [5, 5.41) is 3.36. The monoisotopic (exact) mass is 259 g/mol. The van der Waals surface area contributed by atoms with Gasteiger partial charge in [0.1, 0.15) is 5.82 Å². The minimum absolute atomic E-state index is 0.170. The molecule has 0 saturated heterocycles. The highest BCUT2D eigenvalue weighted by Crippen LogP contribution is 2.21. The van der Waals surface area contributed by atoms with Gasteiger partial charge < -0.3 is 10.1 Å². The fraction of sp³-hybridized carbons (Fsp3) is 0.467. The van der Waals surface area contributed by atoms with Crippen molar-refractivity contribution in [1.29, 1.82) is 0 Å². The van der Waals surface area contributed by atoms with Crippen LogP contribution in [0.2, 0.25) is 0 Å². The molecule has 0 amide bonds. The molecule has 0 aliphatic rings. The summed E-state index contributed by atoms with van der Waals surface area (Å²) in [6.07, 6.45) is 2.80. The zero-order valence-electron chi connectivity index (χ0n) is 11.8. The Kier molecular flexibility index (Phi) is 4.32. The largest absolute Gasteiger partial charge is 0.385 e. The summed E-state index contributed by atoms with van der Waals surface area (Å²) >= 11 is 0. The highest BCUT2D eigenvalue weighted by Gasteiger charge is 2.17. The number of aromatic nitrogens is 2. The van der Waals surface area contributed by atoms with Crippen molar-refractivity contribution >= 4 is 16.9 Å². The van der Waals surface area contributed by atoms with Crippen LogP contribution >= 0.6 is 0 Å². The Morgan fingerprint density at radius 2 is 1.95 bits per heavy atom. The number of ether oxygens (including phenoxy) is 1. The summed E-state index contributed by atoms with van der Waals surface area (Å²) in [4.78, 5) is 8.95. The topological polar surface area (TPSA) is 47.0 Å². The third-order valence-electron chi connectivity index (χ3n) is 3.18. The Morgan fingerprint density at radius 1 is 1.21 bits per heavy atom. The number of fused-ring (bicyclic) bond motifs is 1. The summed E-state index contributed by atoms with van der Waals surface area (Å²) in [6, 6.07) is 7.89. The van der Waals surface area contributed by atoms with Gasteiger partial charge in [-0.2, -0.15) is 0 Å². The standard InChI is InChI=1S/C15H21N3O/c1-15(2,8-9-19-3)11-17-14-10-16-12-6-4-5-7-13(12)18-14/h4-7,10H,8-9,11H2,1-3H3,(H,17,18). The highest BCUT2D eigenvalue weighted by atomic mass is 16.5. The highest BCUT2D eigenvalue weighted by molar-refractivity contribution is 5.75. The molecular formula is C15H21N3O. The average Bonchev–Trinajstić information content (AvgIpc) is 2.43. The molecule has 0 spiro atoms. The molecule has 0 fully saturated rings. The first-order valence-corrected chi connectivity index (χ1v) is 6.55. The molecule has 4 nitrogen and oxygen atoms in total. The Labute approximate surface area is 114 Å². The molecular weight excluding hydrogens is 238 g/mol. The molecule has 4 heteroatoms. The molecule has 1 aromatic heterocycles. The molecule has 1 N–H and O–H groups in total. The number of nitrogens with one attached hydrogen (secondary N) is 1. The lowest BCUT2D eigenvalue weighted by molar-refractivity contribution is 0.157. The number of hydrogen-bond donors (Lipinski definition) is 1.